The van der Waals surface area contributed by atoms with Gasteiger partial charge in [-0.2, -0.15) is 13.2 Å². The van der Waals surface area contributed by atoms with Crippen LogP contribution in [0.15, 0.2) is 12.1 Å². The number of nitrogens with two attached hydrogens (primary N) is 1. The quantitative estimate of drug-likeness (QED) is 0.904. The van der Waals surface area contributed by atoms with Gasteiger partial charge in [0.05, 0.1) is 5.56 Å². The molecule has 0 saturated heterocycles. The van der Waals surface area contributed by atoms with Gasteiger partial charge in [-0.3, -0.25) is 0 Å². The Morgan fingerprint density at radius 1 is 1.39 bits per heavy atom. The summed E-state index contributed by atoms with van der Waals surface area (Å²) >= 11 is 0. The third-order valence-electron chi connectivity index (χ3n) is 2.89. The number of aromatic nitrogens is 1. The maximum absolute atomic E-state index is 12.7. The monoisotopic (exact) mass is 261 g/mol. The molecule has 0 bridgehead atoms. The van der Waals surface area contributed by atoms with E-state index < -0.39 is 11.7 Å². The molecule has 3 nitrogen and oxygen atoms in total. The van der Waals surface area contributed by atoms with Crippen LogP contribution in [0.25, 0.3) is 0 Å². The first kappa shape index (κ1) is 14.6. The SMILES string of the molecule is CCCC(C)N(C)c1cc(C(F)(F)F)cc(N)n1. The first-order valence-electron chi connectivity index (χ1n) is 5.83. The zero-order valence-electron chi connectivity index (χ0n) is 10.8. The summed E-state index contributed by atoms with van der Waals surface area (Å²) in [6.45, 7) is 3.97. The van der Waals surface area contributed by atoms with Crippen molar-refractivity contribution in [1.29, 1.82) is 0 Å². The molecule has 0 radical (unpaired) electrons. The van der Waals surface area contributed by atoms with Gasteiger partial charge in [-0.15, -0.1) is 0 Å². The van der Waals surface area contributed by atoms with Crippen LogP contribution in [0.3, 0.4) is 0 Å². The number of hydrogen-bond donors (Lipinski definition) is 1. The van der Waals surface area contributed by atoms with Crippen molar-refractivity contribution in [2.45, 2.75) is 38.9 Å². The molecule has 18 heavy (non-hydrogen) atoms. The van der Waals surface area contributed by atoms with E-state index in [0.717, 1.165) is 25.0 Å². The molecular weight excluding hydrogens is 243 g/mol. The second-order valence-electron chi connectivity index (χ2n) is 4.39. The summed E-state index contributed by atoms with van der Waals surface area (Å²) in [7, 11) is 1.72. The zero-order valence-corrected chi connectivity index (χ0v) is 10.8. The minimum absolute atomic E-state index is 0.115. The van der Waals surface area contributed by atoms with Crippen LogP contribution in [0.5, 0.6) is 0 Å². The molecule has 1 rings (SSSR count). The van der Waals surface area contributed by atoms with E-state index in [4.69, 9.17) is 5.73 Å². The van der Waals surface area contributed by atoms with Gasteiger partial charge in [0.1, 0.15) is 11.6 Å². The van der Waals surface area contributed by atoms with E-state index in [2.05, 4.69) is 4.98 Å². The number of anilines is 2. The Morgan fingerprint density at radius 2 is 2.00 bits per heavy atom. The number of alkyl halides is 3. The van der Waals surface area contributed by atoms with Crippen molar-refractivity contribution >= 4 is 11.6 Å². The standard InChI is InChI=1S/C12H18F3N3/c1-4-5-8(2)18(3)11-7-9(12(13,14)15)6-10(16)17-11/h6-8H,4-5H2,1-3H3,(H2,16,17). The van der Waals surface area contributed by atoms with Crippen LogP contribution >= 0.6 is 0 Å². The summed E-state index contributed by atoms with van der Waals surface area (Å²) in [5.74, 6) is 0.138. The van der Waals surface area contributed by atoms with Crippen LogP contribution in [-0.2, 0) is 6.18 Å². The number of nitrogens with zero attached hydrogens (tertiary/aromatic N) is 2. The van der Waals surface area contributed by atoms with E-state index in [1.165, 1.54) is 0 Å². The average molecular weight is 261 g/mol. The molecule has 1 unspecified atom stereocenters. The lowest BCUT2D eigenvalue weighted by Crippen LogP contribution is -2.29. The smallest absolute Gasteiger partial charge is 0.384 e. The van der Waals surface area contributed by atoms with Crippen LogP contribution in [0.1, 0.15) is 32.3 Å². The number of halogens is 3. The van der Waals surface area contributed by atoms with Crippen LogP contribution in [-0.4, -0.2) is 18.1 Å². The summed E-state index contributed by atoms with van der Waals surface area (Å²) in [5.41, 5.74) is 4.67. The van der Waals surface area contributed by atoms with Crippen molar-refractivity contribution in [3.63, 3.8) is 0 Å². The fraction of sp³-hybridized carbons (Fsp3) is 0.583. The van der Waals surface area contributed by atoms with Crippen molar-refractivity contribution in [3.8, 4) is 0 Å². The molecule has 0 amide bonds. The van der Waals surface area contributed by atoms with Gasteiger partial charge in [0.15, 0.2) is 0 Å². The molecule has 0 aliphatic carbocycles. The molecule has 1 atom stereocenters. The molecule has 0 aromatic carbocycles. The number of pyridine rings is 1. The van der Waals surface area contributed by atoms with E-state index in [9.17, 15) is 13.2 Å². The lowest BCUT2D eigenvalue weighted by atomic mass is 10.1. The highest BCUT2D eigenvalue weighted by atomic mass is 19.4. The maximum atomic E-state index is 12.7. The van der Waals surface area contributed by atoms with Gasteiger partial charge in [0, 0.05) is 13.1 Å². The van der Waals surface area contributed by atoms with Gasteiger partial charge in [0.25, 0.3) is 0 Å². The van der Waals surface area contributed by atoms with Gasteiger partial charge in [0.2, 0.25) is 0 Å². The van der Waals surface area contributed by atoms with Gasteiger partial charge in [-0.05, 0) is 25.5 Å². The number of nitrogen functional groups attached to an aromatic ring is 1. The predicted octanol–water partition coefficient (Wildman–Crippen LogP) is 3.31. The Labute approximate surface area is 105 Å². The lowest BCUT2D eigenvalue weighted by Gasteiger charge is -2.26. The second kappa shape index (κ2) is 5.46. The maximum Gasteiger partial charge on any atom is 0.416 e. The first-order chi connectivity index (χ1) is 8.25. The van der Waals surface area contributed by atoms with Crippen molar-refractivity contribution in [2.24, 2.45) is 0 Å². The lowest BCUT2D eigenvalue weighted by molar-refractivity contribution is -0.137. The van der Waals surface area contributed by atoms with Gasteiger partial charge in [-0.1, -0.05) is 13.3 Å². The molecule has 6 heteroatoms. The van der Waals surface area contributed by atoms with E-state index in [1.54, 1.807) is 11.9 Å². The third kappa shape index (κ3) is 3.51. The van der Waals surface area contributed by atoms with Gasteiger partial charge >= 0.3 is 6.18 Å². The highest BCUT2D eigenvalue weighted by molar-refractivity contribution is 5.49. The fourth-order valence-corrected chi connectivity index (χ4v) is 1.72. The summed E-state index contributed by atoms with van der Waals surface area (Å²) in [6.07, 6.45) is -2.56. The molecule has 102 valence electrons. The Kier molecular flexibility index (Phi) is 4.43. The molecule has 1 aromatic rings. The topological polar surface area (TPSA) is 42.1 Å². The Bertz CT molecular complexity index is 404. The van der Waals surface area contributed by atoms with E-state index in [0.29, 0.717) is 0 Å². The summed E-state index contributed by atoms with van der Waals surface area (Å²) in [6, 6.07) is 2.00. The van der Waals surface area contributed by atoms with Gasteiger partial charge < -0.3 is 10.6 Å². The fourth-order valence-electron chi connectivity index (χ4n) is 1.72. The molecule has 0 fully saturated rings. The Morgan fingerprint density at radius 3 is 2.50 bits per heavy atom. The van der Waals surface area contributed by atoms with Crippen molar-refractivity contribution in [1.82, 2.24) is 4.98 Å². The molecule has 0 aliphatic heterocycles. The number of rotatable bonds is 4. The van der Waals surface area contributed by atoms with Gasteiger partial charge in [-0.25, -0.2) is 4.98 Å². The zero-order chi connectivity index (χ0) is 13.9. The predicted molar refractivity (Wildman–Crippen MR) is 66.4 cm³/mol. The van der Waals surface area contributed by atoms with Crippen LogP contribution in [0.4, 0.5) is 24.8 Å². The molecule has 1 aromatic heterocycles. The molecular formula is C12H18F3N3. The summed E-state index contributed by atoms with van der Waals surface area (Å²) < 4.78 is 38.0. The molecule has 2 N–H and O–H groups in total. The molecule has 0 saturated carbocycles. The summed E-state index contributed by atoms with van der Waals surface area (Å²) in [5, 5.41) is 0. The van der Waals surface area contributed by atoms with Crippen molar-refractivity contribution in [2.75, 3.05) is 17.7 Å². The minimum Gasteiger partial charge on any atom is -0.384 e. The highest BCUT2D eigenvalue weighted by Gasteiger charge is 2.32. The van der Waals surface area contributed by atoms with Crippen LogP contribution in [0.2, 0.25) is 0 Å². The van der Waals surface area contributed by atoms with Crippen molar-refractivity contribution in [3.05, 3.63) is 17.7 Å². The van der Waals surface area contributed by atoms with Crippen LogP contribution in [0, 0.1) is 0 Å². The minimum atomic E-state index is -4.40. The molecule has 1 heterocycles. The highest BCUT2D eigenvalue weighted by Crippen LogP contribution is 2.32. The Hall–Kier alpha value is -1.46. The van der Waals surface area contributed by atoms with E-state index in [1.807, 2.05) is 13.8 Å². The molecule has 0 spiro atoms. The second-order valence-corrected chi connectivity index (χ2v) is 4.39. The summed E-state index contributed by atoms with van der Waals surface area (Å²) in [4.78, 5) is 5.67. The van der Waals surface area contributed by atoms with E-state index >= 15 is 0 Å². The first-order valence-corrected chi connectivity index (χ1v) is 5.83. The third-order valence-corrected chi connectivity index (χ3v) is 2.89. The number of hydrogen-bond acceptors (Lipinski definition) is 3. The van der Waals surface area contributed by atoms with Crippen LogP contribution < -0.4 is 10.6 Å². The normalized spacial score (nSPS) is 13.4. The average Bonchev–Trinajstić information content (AvgIpc) is 2.26. The van der Waals surface area contributed by atoms with E-state index in [-0.39, 0.29) is 17.7 Å². The largest absolute Gasteiger partial charge is 0.416 e. The Balaban J connectivity index is 3.06. The van der Waals surface area contributed by atoms with Crippen molar-refractivity contribution < 1.29 is 13.2 Å². The molecule has 0 aliphatic rings.